The molecule has 0 fully saturated rings. The Hall–Kier alpha value is -6.06. The third-order valence-corrected chi connectivity index (χ3v) is 10.3. The lowest BCUT2D eigenvalue weighted by Gasteiger charge is -2.32. The summed E-state index contributed by atoms with van der Waals surface area (Å²) in [6, 6.07) is 43.4. The number of aliphatic imine (C=N–C) groups is 1. The van der Waals surface area contributed by atoms with Gasteiger partial charge in [-0.2, -0.15) is 0 Å². The molecule has 9 rings (SSSR count). The van der Waals surface area contributed by atoms with Gasteiger partial charge in [0.2, 0.25) is 0 Å². The van der Waals surface area contributed by atoms with Crippen LogP contribution in [0.3, 0.4) is 0 Å². The molecule has 1 aromatic heterocycles. The van der Waals surface area contributed by atoms with Gasteiger partial charge in [-0.15, -0.1) is 0 Å². The average Bonchev–Trinajstić information content (AvgIpc) is 3.21. The van der Waals surface area contributed by atoms with Crippen molar-refractivity contribution in [2.24, 2.45) is 10.9 Å². The fraction of sp³-hybridized carbons (Fsp3) is 0.106. The minimum absolute atomic E-state index is 0.108. The van der Waals surface area contributed by atoms with Crippen LogP contribution in [-0.2, 0) is 0 Å². The molecule has 0 saturated carbocycles. The molecule has 1 N–H and O–H groups in total. The van der Waals surface area contributed by atoms with Crippen molar-refractivity contribution in [1.29, 1.82) is 0 Å². The Morgan fingerprint density at radius 2 is 1.38 bits per heavy atom. The van der Waals surface area contributed by atoms with Gasteiger partial charge in [-0.3, -0.25) is 9.98 Å². The van der Waals surface area contributed by atoms with Gasteiger partial charge in [0.15, 0.2) is 0 Å². The number of rotatable bonds is 6. The lowest BCUT2D eigenvalue weighted by molar-refractivity contribution is 0.457. The Morgan fingerprint density at radius 1 is 0.640 bits per heavy atom. The number of nitrogens with zero attached hydrogens (tertiary/aromatic N) is 2. The molecule has 240 valence electrons. The first-order valence-corrected chi connectivity index (χ1v) is 17.6. The van der Waals surface area contributed by atoms with E-state index < -0.39 is 0 Å². The van der Waals surface area contributed by atoms with E-state index in [1.165, 1.54) is 38.4 Å². The van der Waals surface area contributed by atoms with Crippen LogP contribution in [0.2, 0.25) is 0 Å². The maximum Gasteiger partial charge on any atom is 0.126 e. The highest BCUT2D eigenvalue weighted by atomic mass is 15.1. The number of pyridine rings is 1. The number of aromatic nitrogens is 1. The van der Waals surface area contributed by atoms with Gasteiger partial charge in [0, 0.05) is 40.9 Å². The second kappa shape index (κ2) is 13.1. The second-order valence-electron chi connectivity index (χ2n) is 13.4. The smallest absolute Gasteiger partial charge is 0.126 e. The van der Waals surface area contributed by atoms with Crippen molar-refractivity contribution < 1.29 is 0 Å². The number of allylic oxidation sites excluding steroid dienone is 7. The molecule has 3 heteroatoms. The largest absolute Gasteiger partial charge is 0.363 e. The molecule has 1 aliphatic heterocycles. The van der Waals surface area contributed by atoms with E-state index in [1.807, 2.05) is 12.4 Å². The van der Waals surface area contributed by atoms with E-state index in [1.54, 1.807) is 0 Å². The van der Waals surface area contributed by atoms with Crippen LogP contribution in [0, 0.1) is 5.92 Å². The first-order chi connectivity index (χ1) is 24.8. The molecule has 0 spiro atoms. The molecule has 50 heavy (non-hydrogen) atoms. The predicted octanol–water partition coefficient (Wildman–Crippen LogP) is 11.0. The van der Waals surface area contributed by atoms with Crippen molar-refractivity contribution >= 4 is 32.8 Å². The van der Waals surface area contributed by atoms with Crippen LogP contribution in [0.4, 0.5) is 0 Å². The van der Waals surface area contributed by atoms with Crippen LogP contribution in [0.5, 0.6) is 0 Å². The maximum absolute atomic E-state index is 5.41. The van der Waals surface area contributed by atoms with Gasteiger partial charge >= 0.3 is 0 Å². The van der Waals surface area contributed by atoms with Crippen LogP contribution in [0.25, 0.3) is 38.2 Å². The first-order valence-electron chi connectivity index (χ1n) is 17.6. The van der Waals surface area contributed by atoms with E-state index in [9.17, 15) is 0 Å². The van der Waals surface area contributed by atoms with E-state index in [4.69, 9.17) is 4.99 Å². The SMILES string of the molecule is C1=CC(C2N=C(c3ccc(-c4cncc5ccccc45)cc3)C=C(C3=CCC(c4ccccc4)C=C3)N2)CC(c2cccc3ccccc23)=C1. The second-order valence-corrected chi connectivity index (χ2v) is 13.4. The minimum atomic E-state index is -0.108. The Kier molecular flexibility index (Phi) is 7.87. The van der Waals surface area contributed by atoms with Crippen molar-refractivity contribution in [2.45, 2.75) is 24.9 Å². The van der Waals surface area contributed by atoms with Gasteiger partial charge in [-0.1, -0.05) is 158 Å². The fourth-order valence-corrected chi connectivity index (χ4v) is 7.65. The minimum Gasteiger partial charge on any atom is -0.363 e. The van der Waals surface area contributed by atoms with E-state index in [2.05, 4.69) is 174 Å². The topological polar surface area (TPSA) is 37.3 Å². The highest BCUT2D eigenvalue weighted by Gasteiger charge is 2.28. The van der Waals surface area contributed by atoms with Crippen LogP contribution < -0.4 is 5.32 Å². The monoisotopic (exact) mass is 643 g/mol. The number of fused-ring (bicyclic) bond motifs is 2. The number of hydrogen-bond donors (Lipinski definition) is 1. The zero-order chi connectivity index (χ0) is 33.3. The molecular weight excluding hydrogens is 607 g/mol. The molecule has 0 bridgehead atoms. The van der Waals surface area contributed by atoms with Gasteiger partial charge in [-0.25, -0.2) is 0 Å². The summed E-state index contributed by atoms with van der Waals surface area (Å²) in [5.74, 6) is 0.581. The first kappa shape index (κ1) is 30.0. The highest BCUT2D eigenvalue weighted by molar-refractivity contribution is 6.10. The summed E-state index contributed by atoms with van der Waals surface area (Å²) in [4.78, 5) is 9.94. The lowest BCUT2D eigenvalue weighted by Crippen LogP contribution is -2.38. The summed E-state index contributed by atoms with van der Waals surface area (Å²) in [6.45, 7) is 0. The highest BCUT2D eigenvalue weighted by Crippen LogP contribution is 2.36. The number of nitrogens with one attached hydrogen (secondary N) is 1. The van der Waals surface area contributed by atoms with E-state index >= 15 is 0 Å². The van der Waals surface area contributed by atoms with Crippen molar-refractivity contribution in [2.75, 3.05) is 0 Å². The summed E-state index contributed by atoms with van der Waals surface area (Å²) in [5, 5.41) is 8.80. The van der Waals surface area contributed by atoms with Gasteiger partial charge in [-0.05, 0) is 68.5 Å². The van der Waals surface area contributed by atoms with E-state index in [0.29, 0.717) is 5.92 Å². The summed E-state index contributed by atoms with van der Waals surface area (Å²) in [7, 11) is 0. The van der Waals surface area contributed by atoms with Crippen molar-refractivity contribution in [3.05, 3.63) is 204 Å². The van der Waals surface area contributed by atoms with Crippen molar-refractivity contribution in [1.82, 2.24) is 10.3 Å². The summed E-state index contributed by atoms with van der Waals surface area (Å²) >= 11 is 0. The molecule has 0 radical (unpaired) electrons. The molecule has 5 aromatic carbocycles. The van der Waals surface area contributed by atoms with Crippen LogP contribution in [0.15, 0.2) is 193 Å². The maximum atomic E-state index is 5.41. The summed E-state index contributed by atoms with van der Waals surface area (Å²) in [5.41, 5.74) is 10.7. The Balaban J connectivity index is 1.05. The zero-order valence-electron chi connectivity index (χ0n) is 27.8. The molecular formula is C47H37N3. The quantitative estimate of drug-likeness (QED) is 0.196. The van der Waals surface area contributed by atoms with Crippen molar-refractivity contribution in [3.8, 4) is 11.1 Å². The predicted molar refractivity (Wildman–Crippen MR) is 209 cm³/mol. The van der Waals surface area contributed by atoms with Crippen LogP contribution >= 0.6 is 0 Å². The van der Waals surface area contributed by atoms with Gasteiger partial charge in [0.1, 0.15) is 6.17 Å². The van der Waals surface area contributed by atoms with Gasteiger partial charge in [0.25, 0.3) is 0 Å². The summed E-state index contributed by atoms with van der Waals surface area (Å²) in [6.07, 6.45) is 21.7. The molecule has 3 nitrogen and oxygen atoms in total. The van der Waals surface area contributed by atoms with E-state index in [0.717, 1.165) is 46.3 Å². The molecule has 6 aromatic rings. The lowest BCUT2D eigenvalue weighted by atomic mass is 9.85. The van der Waals surface area contributed by atoms with Gasteiger partial charge < -0.3 is 5.32 Å². The third kappa shape index (κ3) is 5.82. The number of benzene rings is 5. The molecule has 2 heterocycles. The Labute approximate surface area is 293 Å². The van der Waals surface area contributed by atoms with Crippen LogP contribution in [-0.4, -0.2) is 16.9 Å². The molecule has 3 aliphatic rings. The molecule has 3 unspecified atom stereocenters. The Bertz CT molecular complexity index is 2400. The van der Waals surface area contributed by atoms with E-state index in [-0.39, 0.29) is 12.1 Å². The molecule has 0 amide bonds. The van der Waals surface area contributed by atoms with Crippen LogP contribution in [0.1, 0.15) is 35.4 Å². The average molecular weight is 644 g/mol. The zero-order valence-corrected chi connectivity index (χ0v) is 27.8. The third-order valence-electron chi connectivity index (χ3n) is 10.3. The normalized spacial score (nSPS) is 20.1. The van der Waals surface area contributed by atoms with Crippen molar-refractivity contribution in [3.63, 3.8) is 0 Å². The Morgan fingerprint density at radius 3 is 2.20 bits per heavy atom. The fourth-order valence-electron chi connectivity index (χ4n) is 7.65. The molecule has 3 atom stereocenters. The standard InChI is InChI=1S/C47H37N3/c1-2-10-32(11-3-1)33-20-24-36(25-21-33)45-29-46(37-26-22-35(23-27-37)44-31-48-30-40-13-5-7-18-43(40)44)50-47(49-45)39-16-8-15-38(28-39)42-19-9-14-34-12-4-6-17-41(34)42/h1-20,22-27,29-31,33,39,47,49H,21,28H2. The summed E-state index contributed by atoms with van der Waals surface area (Å²) < 4.78 is 0. The number of hydrogen-bond acceptors (Lipinski definition) is 3. The molecule has 2 aliphatic carbocycles. The molecule has 0 saturated heterocycles. The van der Waals surface area contributed by atoms with Gasteiger partial charge in [0.05, 0.1) is 5.71 Å².